The number of hydrogen-bond acceptors (Lipinski definition) is 3. The average Bonchev–Trinajstić information content (AvgIpc) is 3.07. The van der Waals surface area contributed by atoms with Gasteiger partial charge >= 0.3 is 6.03 Å². The molecule has 0 unspecified atom stereocenters. The molecule has 136 valence electrons. The Morgan fingerprint density at radius 2 is 1.85 bits per heavy atom. The zero-order valence-electron chi connectivity index (χ0n) is 14.3. The second kappa shape index (κ2) is 9.10. The highest BCUT2D eigenvalue weighted by molar-refractivity contribution is 6.30. The summed E-state index contributed by atoms with van der Waals surface area (Å²) in [6, 6.07) is 14.8. The number of aromatic amines is 1. The third-order valence-corrected chi connectivity index (χ3v) is 4.04. The number of fused-ring (bicyclic) bond motifs is 1. The monoisotopic (exact) mass is 372 g/mol. The maximum atomic E-state index is 11.7. The van der Waals surface area contributed by atoms with Crippen molar-refractivity contribution < 1.29 is 9.53 Å². The van der Waals surface area contributed by atoms with E-state index in [2.05, 4.69) is 20.6 Å². The van der Waals surface area contributed by atoms with Crippen molar-refractivity contribution in [2.24, 2.45) is 0 Å². The summed E-state index contributed by atoms with van der Waals surface area (Å²) in [6.45, 7) is 1.41. The summed E-state index contributed by atoms with van der Waals surface area (Å²) in [4.78, 5) is 19.5. The molecule has 26 heavy (non-hydrogen) atoms. The fourth-order valence-corrected chi connectivity index (χ4v) is 2.63. The Morgan fingerprint density at radius 3 is 2.65 bits per heavy atom. The third-order valence-electron chi connectivity index (χ3n) is 3.78. The van der Waals surface area contributed by atoms with Crippen LogP contribution in [0.4, 0.5) is 4.79 Å². The Bertz CT molecular complexity index is 815. The van der Waals surface area contributed by atoms with Gasteiger partial charge in [0.05, 0.1) is 17.6 Å². The second-order valence-corrected chi connectivity index (χ2v) is 6.23. The molecular formula is C19H21ClN4O2. The van der Waals surface area contributed by atoms with Gasteiger partial charge in [-0.05, 0) is 42.8 Å². The van der Waals surface area contributed by atoms with E-state index in [9.17, 15) is 4.79 Å². The first-order valence-corrected chi connectivity index (χ1v) is 8.92. The molecule has 3 aromatic rings. The molecular weight excluding hydrogens is 352 g/mol. The number of ether oxygens (including phenoxy) is 1. The maximum Gasteiger partial charge on any atom is 0.314 e. The van der Waals surface area contributed by atoms with E-state index in [4.69, 9.17) is 16.3 Å². The van der Waals surface area contributed by atoms with Crippen LogP contribution in [-0.2, 0) is 6.42 Å². The molecule has 3 N–H and O–H groups in total. The molecule has 1 heterocycles. The van der Waals surface area contributed by atoms with Gasteiger partial charge in [0.25, 0.3) is 0 Å². The van der Waals surface area contributed by atoms with Crippen molar-refractivity contribution in [2.45, 2.75) is 12.8 Å². The summed E-state index contributed by atoms with van der Waals surface area (Å²) >= 11 is 5.81. The Hall–Kier alpha value is -2.73. The number of aryl methyl sites for hydroxylation is 1. The highest BCUT2D eigenvalue weighted by Gasteiger charge is 2.03. The molecule has 3 rings (SSSR count). The fourth-order valence-electron chi connectivity index (χ4n) is 2.51. The van der Waals surface area contributed by atoms with Crippen LogP contribution in [0.3, 0.4) is 0 Å². The van der Waals surface area contributed by atoms with Crippen LogP contribution in [0.15, 0.2) is 48.5 Å². The minimum absolute atomic E-state index is 0.200. The maximum absolute atomic E-state index is 11.7. The van der Waals surface area contributed by atoms with Gasteiger partial charge in [0.15, 0.2) is 0 Å². The molecule has 0 atom stereocenters. The number of carbonyl (C=O) groups is 1. The SMILES string of the molecule is O=C(NCCCc1nc2ccccc2[nH]1)NCCOc1ccc(Cl)cc1. The van der Waals surface area contributed by atoms with Crippen LogP contribution in [-0.4, -0.2) is 35.7 Å². The van der Waals surface area contributed by atoms with Crippen molar-refractivity contribution in [3.8, 4) is 5.75 Å². The van der Waals surface area contributed by atoms with Gasteiger partial charge in [0.2, 0.25) is 0 Å². The summed E-state index contributed by atoms with van der Waals surface area (Å²) in [5.74, 6) is 1.66. The second-order valence-electron chi connectivity index (χ2n) is 5.79. The third kappa shape index (κ3) is 5.39. The number of nitrogens with one attached hydrogen (secondary N) is 3. The Kier molecular flexibility index (Phi) is 6.33. The standard InChI is InChI=1S/C19H21ClN4O2/c20-14-7-9-15(10-8-14)26-13-12-22-19(25)21-11-3-6-18-23-16-4-1-2-5-17(16)24-18/h1-2,4-5,7-10H,3,6,11-13H2,(H,23,24)(H2,21,22,25). The van der Waals surface area contributed by atoms with Crippen molar-refractivity contribution in [3.63, 3.8) is 0 Å². The number of urea groups is 1. The molecule has 0 aliphatic carbocycles. The van der Waals surface area contributed by atoms with E-state index < -0.39 is 0 Å². The molecule has 0 aliphatic heterocycles. The van der Waals surface area contributed by atoms with E-state index in [0.717, 1.165) is 35.4 Å². The van der Waals surface area contributed by atoms with Gasteiger partial charge in [-0.2, -0.15) is 0 Å². The van der Waals surface area contributed by atoms with Gasteiger partial charge in [-0.25, -0.2) is 9.78 Å². The average molecular weight is 373 g/mol. The van der Waals surface area contributed by atoms with Gasteiger partial charge in [0.1, 0.15) is 18.2 Å². The normalized spacial score (nSPS) is 10.7. The number of imidazole rings is 1. The first kappa shape index (κ1) is 18.1. The first-order valence-electron chi connectivity index (χ1n) is 8.54. The lowest BCUT2D eigenvalue weighted by molar-refractivity contribution is 0.236. The minimum Gasteiger partial charge on any atom is -0.492 e. The van der Waals surface area contributed by atoms with Crippen molar-refractivity contribution >= 4 is 28.7 Å². The first-order chi connectivity index (χ1) is 12.7. The van der Waals surface area contributed by atoms with E-state index in [1.807, 2.05) is 24.3 Å². The van der Waals surface area contributed by atoms with Crippen molar-refractivity contribution in [3.05, 3.63) is 59.4 Å². The van der Waals surface area contributed by atoms with E-state index >= 15 is 0 Å². The lowest BCUT2D eigenvalue weighted by Gasteiger charge is -2.09. The van der Waals surface area contributed by atoms with Crippen LogP contribution in [0.25, 0.3) is 11.0 Å². The van der Waals surface area contributed by atoms with Gasteiger partial charge < -0.3 is 20.4 Å². The number of halogens is 1. The number of para-hydroxylation sites is 2. The number of benzene rings is 2. The molecule has 0 fully saturated rings. The van der Waals surface area contributed by atoms with Gasteiger partial charge in [-0.1, -0.05) is 23.7 Å². The molecule has 6 nitrogen and oxygen atoms in total. The molecule has 0 bridgehead atoms. The number of carbonyl (C=O) groups excluding carboxylic acids is 1. The summed E-state index contributed by atoms with van der Waals surface area (Å²) in [7, 11) is 0. The number of nitrogens with zero attached hydrogens (tertiary/aromatic N) is 1. The van der Waals surface area contributed by atoms with E-state index in [0.29, 0.717) is 24.7 Å². The van der Waals surface area contributed by atoms with Gasteiger partial charge in [-0.3, -0.25) is 0 Å². The van der Waals surface area contributed by atoms with Crippen LogP contribution in [0.1, 0.15) is 12.2 Å². The Morgan fingerprint density at radius 1 is 1.08 bits per heavy atom. The Balaban J connectivity index is 1.27. The lowest BCUT2D eigenvalue weighted by Crippen LogP contribution is -2.38. The molecule has 1 aromatic heterocycles. The van der Waals surface area contributed by atoms with Crippen LogP contribution in [0, 0.1) is 0 Å². The fraction of sp³-hybridized carbons (Fsp3) is 0.263. The van der Waals surface area contributed by atoms with Crippen LogP contribution in [0.2, 0.25) is 5.02 Å². The molecule has 7 heteroatoms. The highest BCUT2D eigenvalue weighted by atomic mass is 35.5. The predicted molar refractivity (Wildman–Crippen MR) is 103 cm³/mol. The molecule has 2 aromatic carbocycles. The number of aromatic nitrogens is 2. The van der Waals surface area contributed by atoms with E-state index in [1.165, 1.54) is 0 Å². The summed E-state index contributed by atoms with van der Waals surface area (Å²) in [5, 5.41) is 6.25. The predicted octanol–water partition coefficient (Wildman–Crippen LogP) is 3.53. The van der Waals surface area contributed by atoms with Crippen LogP contribution < -0.4 is 15.4 Å². The Labute approximate surface area is 156 Å². The number of amides is 2. The minimum atomic E-state index is -0.200. The van der Waals surface area contributed by atoms with Crippen LogP contribution in [0.5, 0.6) is 5.75 Å². The zero-order valence-corrected chi connectivity index (χ0v) is 15.1. The molecule has 0 aliphatic rings. The summed E-state index contributed by atoms with van der Waals surface area (Å²) in [5.41, 5.74) is 2.00. The van der Waals surface area contributed by atoms with Crippen molar-refractivity contribution in [1.82, 2.24) is 20.6 Å². The summed E-state index contributed by atoms with van der Waals surface area (Å²) in [6.07, 6.45) is 1.60. The molecule has 0 spiro atoms. The smallest absolute Gasteiger partial charge is 0.314 e. The van der Waals surface area contributed by atoms with E-state index in [1.54, 1.807) is 24.3 Å². The number of rotatable bonds is 8. The summed E-state index contributed by atoms with van der Waals surface area (Å²) < 4.78 is 5.51. The van der Waals surface area contributed by atoms with Gasteiger partial charge in [-0.15, -0.1) is 0 Å². The molecule has 0 saturated carbocycles. The molecule has 2 amide bonds. The highest BCUT2D eigenvalue weighted by Crippen LogP contribution is 2.15. The number of hydrogen-bond donors (Lipinski definition) is 3. The van der Waals surface area contributed by atoms with Crippen molar-refractivity contribution in [2.75, 3.05) is 19.7 Å². The molecule has 0 radical (unpaired) electrons. The zero-order chi connectivity index (χ0) is 18.2. The van der Waals surface area contributed by atoms with Gasteiger partial charge in [0, 0.05) is 18.0 Å². The molecule has 0 saturated heterocycles. The van der Waals surface area contributed by atoms with Crippen LogP contribution >= 0.6 is 11.6 Å². The van der Waals surface area contributed by atoms with Crippen molar-refractivity contribution in [1.29, 1.82) is 0 Å². The number of H-pyrrole nitrogens is 1. The lowest BCUT2D eigenvalue weighted by atomic mass is 10.3. The topological polar surface area (TPSA) is 79.0 Å². The van der Waals surface area contributed by atoms with E-state index in [-0.39, 0.29) is 6.03 Å². The largest absolute Gasteiger partial charge is 0.492 e. The quantitative estimate of drug-likeness (QED) is 0.529.